The molecule has 0 heterocycles. The zero-order valence-electron chi connectivity index (χ0n) is 10.6. The molecule has 1 fully saturated rings. The smallest absolute Gasteiger partial charge is 0.310 e. The van der Waals surface area contributed by atoms with Crippen molar-refractivity contribution in [2.45, 2.75) is 32.1 Å². The molecule has 1 saturated carbocycles. The van der Waals surface area contributed by atoms with Gasteiger partial charge in [-0.15, -0.1) is 0 Å². The van der Waals surface area contributed by atoms with E-state index in [0.717, 1.165) is 12.8 Å². The molecule has 0 aromatic heterocycles. The fraction of sp³-hybridized carbons (Fsp3) is 0.533. The first-order chi connectivity index (χ1) is 8.05. The number of fused-ring (bicyclic) bond motifs is 2. The minimum atomic E-state index is -0.0493. The van der Waals surface area contributed by atoms with Crippen molar-refractivity contribution in [1.82, 2.24) is 0 Å². The van der Waals surface area contributed by atoms with Crippen molar-refractivity contribution in [1.29, 1.82) is 0 Å². The van der Waals surface area contributed by atoms with E-state index < -0.39 is 0 Å². The Kier molecular flexibility index (Phi) is 1.99. The predicted molar refractivity (Wildman–Crippen MR) is 65.7 cm³/mol. The van der Waals surface area contributed by atoms with Gasteiger partial charge < -0.3 is 4.74 Å². The van der Waals surface area contributed by atoms with Crippen LogP contribution < -0.4 is 0 Å². The maximum absolute atomic E-state index is 11.9. The van der Waals surface area contributed by atoms with Gasteiger partial charge in [-0.2, -0.15) is 0 Å². The maximum atomic E-state index is 11.9. The second-order valence-electron chi connectivity index (χ2n) is 5.81. The van der Waals surface area contributed by atoms with Crippen LogP contribution in [0.2, 0.25) is 0 Å². The molecule has 0 saturated heterocycles. The van der Waals surface area contributed by atoms with Gasteiger partial charge in [-0.05, 0) is 29.4 Å². The summed E-state index contributed by atoms with van der Waals surface area (Å²) in [5.41, 5.74) is 2.86. The number of esters is 1. The molecule has 1 spiro atoms. The van der Waals surface area contributed by atoms with Crippen molar-refractivity contribution in [3.05, 3.63) is 35.4 Å². The molecule has 2 heteroatoms. The van der Waals surface area contributed by atoms with E-state index in [1.807, 2.05) is 0 Å². The second kappa shape index (κ2) is 3.12. The number of ether oxygens (including phenoxy) is 1. The highest BCUT2D eigenvalue weighted by atomic mass is 16.5. The summed E-state index contributed by atoms with van der Waals surface area (Å²) in [6.45, 7) is 4.38. The molecule has 2 aliphatic rings. The zero-order chi connectivity index (χ0) is 12.3. The van der Waals surface area contributed by atoms with Crippen LogP contribution in [0.1, 0.15) is 31.4 Å². The SMILES string of the molecule is COC(=O)C1C(C)(C)C12CCc1ccccc12. The molecule has 1 aromatic carbocycles. The van der Waals surface area contributed by atoms with Crippen molar-refractivity contribution in [3.8, 4) is 0 Å². The Balaban J connectivity index is 2.09. The Hall–Kier alpha value is -1.31. The molecular formula is C15H18O2. The van der Waals surface area contributed by atoms with Crippen molar-refractivity contribution < 1.29 is 9.53 Å². The molecule has 90 valence electrons. The number of hydrogen-bond acceptors (Lipinski definition) is 2. The van der Waals surface area contributed by atoms with Gasteiger partial charge in [-0.3, -0.25) is 4.79 Å². The van der Waals surface area contributed by atoms with Gasteiger partial charge in [0.1, 0.15) is 0 Å². The molecule has 0 N–H and O–H groups in total. The van der Waals surface area contributed by atoms with Gasteiger partial charge in [0, 0.05) is 5.41 Å². The Morgan fingerprint density at radius 1 is 1.35 bits per heavy atom. The van der Waals surface area contributed by atoms with E-state index in [9.17, 15) is 4.79 Å². The van der Waals surface area contributed by atoms with Crippen LogP contribution in [-0.2, 0) is 21.4 Å². The van der Waals surface area contributed by atoms with Crippen molar-refractivity contribution in [2.24, 2.45) is 11.3 Å². The molecule has 2 unspecified atom stereocenters. The molecule has 0 radical (unpaired) electrons. The monoisotopic (exact) mass is 230 g/mol. The minimum absolute atomic E-state index is 0.0312. The lowest BCUT2D eigenvalue weighted by atomic mass is 9.89. The average Bonchev–Trinajstić information content (AvgIpc) is 2.65. The zero-order valence-corrected chi connectivity index (χ0v) is 10.6. The number of rotatable bonds is 1. The van der Waals surface area contributed by atoms with Crippen molar-refractivity contribution >= 4 is 5.97 Å². The summed E-state index contributed by atoms with van der Waals surface area (Å²) in [7, 11) is 1.49. The summed E-state index contributed by atoms with van der Waals surface area (Å²) in [4.78, 5) is 11.9. The summed E-state index contributed by atoms with van der Waals surface area (Å²) in [5, 5.41) is 0. The van der Waals surface area contributed by atoms with Crippen LogP contribution in [0.25, 0.3) is 0 Å². The van der Waals surface area contributed by atoms with E-state index >= 15 is 0 Å². The Bertz CT molecular complexity index is 489. The highest BCUT2D eigenvalue weighted by molar-refractivity contribution is 5.82. The minimum Gasteiger partial charge on any atom is -0.469 e. The number of carbonyl (C=O) groups is 1. The van der Waals surface area contributed by atoms with Gasteiger partial charge in [-0.1, -0.05) is 38.1 Å². The van der Waals surface area contributed by atoms with Gasteiger partial charge in [0.15, 0.2) is 0 Å². The predicted octanol–water partition coefficient (Wildman–Crippen LogP) is 2.70. The van der Waals surface area contributed by atoms with Crippen LogP contribution >= 0.6 is 0 Å². The quantitative estimate of drug-likeness (QED) is 0.693. The van der Waals surface area contributed by atoms with Gasteiger partial charge in [0.2, 0.25) is 0 Å². The molecule has 0 bridgehead atoms. The van der Waals surface area contributed by atoms with E-state index in [4.69, 9.17) is 4.74 Å². The summed E-state index contributed by atoms with van der Waals surface area (Å²) >= 11 is 0. The van der Waals surface area contributed by atoms with Crippen LogP contribution in [-0.4, -0.2) is 13.1 Å². The van der Waals surface area contributed by atoms with Crippen LogP contribution in [0, 0.1) is 11.3 Å². The lowest BCUT2D eigenvalue weighted by Crippen LogP contribution is -2.13. The lowest BCUT2D eigenvalue weighted by molar-refractivity contribution is -0.143. The molecule has 0 amide bonds. The third kappa shape index (κ3) is 1.09. The molecule has 17 heavy (non-hydrogen) atoms. The molecule has 0 aliphatic heterocycles. The van der Waals surface area contributed by atoms with Crippen LogP contribution in [0.4, 0.5) is 0 Å². The van der Waals surface area contributed by atoms with E-state index in [2.05, 4.69) is 38.1 Å². The standard InChI is InChI=1S/C15H18O2/c1-14(2)12(13(16)17-3)15(14)9-8-10-6-4-5-7-11(10)15/h4-7,12H,8-9H2,1-3H3. The third-order valence-corrected chi connectivity index (χ3v) is 5.00. The lowest BCUT2D eigenvalue weighted by Gasteiger charge is -2.14. The van der Waals surface area contributed by atoms with Gasteiger partial charge >= 0.3 is 5.97 Å². The molecule has 3 rings (SSSR count). The van der Waals surface area contributed by atoms with E-state index in [0.29, 0.717) is 0 Å². The third-order valence-electron chi connectivity index (χ3n) is 5.00. The second-order valence-corrected chi connectivity index (χ2v) is 5.81. The molecule has 2 nitrogen and oxygen atoms in total. The Morgan fingerprint density at radius 3 is 2.76 bits per heavy atom. The van der Waals surface area contributed by atoms with Crippen LogP contribution in [0.15, 0.2) is 24.3 Å². The fourth-order valence-electron chi connectivity index (χ4n) is 4.08. The first-order valence-electron chi connectivity index (χ1n) is 6.22. The summed E-state index contributed by atoms with van der Waals surface area (Å²) in [6.07, 6.45) is 2.17. The fourth-order valence-corrected chi connectivity index (χ4v) is 4.08. The highest BCUT2D eigenvalue weighted by Crippen LogP contribution is 2.74. The Labute approximate surface area is 102 Å². The normalized spacial score (nSPS) is 32.3. The number of hydrogen-bond donors (Lipinski definition) is 0. The maximum Gasteiger partial charge on any atom is 0.310 e. The number of methoxy groups -OCH3 is 1. The molecule has 1 aromatic rings. The van der Waals surface area contributed by atoms with E-state index in [1.54, 1.807) is 0 Å². The van der Waals surface area contributed by atoms with Gasteiger partial charge in [-0.25, -0.2) is 0 Å². The first-order valence-corrected chi connectivity index (χ1v) is 6.22. The largest absolute Gasteiger partial charge is 0.469 e. The van der Waals surface area contributed by atoms with E-state index in [1.165, 1.54) is 18.2 Å². The number of benzene rings is 1. The topological polar surface area (TPSA) is 26.3 Å². The molecule has 2 atom stereocenters. The van der Waals surface area contributed by atoms with Gasteiger partial charge in [0.05, 0.1) is 13.0 Å². The number of carbonyl (C=O) groups excluding carboxylic acids is 1. The van der Waals surface area contributed by atoms with Crippen LogP contribution in [0.3, 0.4) is 0 Å². The van der Waals surface area contributed by atoms with Crippen molar-refractivity contribution in [2.75, 3.05) is 7.11 Å². The number of aryl methyl sites for hydroxylation is 1. The first kappa shape index (κ1) is 10.8. The highest BCUT2D eigenvalue weighted by Gasteiger charge is 2.76. The summed E-state index contributed by atoms with van der Waals surface area (Å²) in [5.74, 6) is -0.0182. The average molecular weight is 230 g/mol. The summed E-state index contributed by atoms with van der Waals surface area (Å²) in [6, 6.07) is 8.54. The van der Waals surface area contributed by atoms with Crippen molar-refractivity contribution in [3.63, 3.8) is 0 Å². The Morgan fingerprint density at radius 2 is 2.06 bits per heavy atom. The van der Waals surface area contributed by atoms with E-state index in [-0.39, 0.29) is 22.7 Å². The summed E-state index contributed by atoms with van der Waals surface area (Å²) < 4.78 is 4.97. The van der Waals surface area contributed by atoms with Crippen LogP contribution in [0.5, 0.6) is 0 Å². The molecular weight excluding hydrogens is 212 g/mol. The van der Waals surface area contributed by atoms with Gasteiger partial charge in [0.25, 0.3) is 0 Å². The molecule has 2 aliphatic carbocycles.